The van der Waals surface area contributed by atoms with Crippen LogP contribution in [0.1, 0.15) is 38.5 Å². The van der Waals surface area contributed by atoms with Gasteiger partial charge < -0.3 is 9.47 Å². The molecule has 0 spiro atoms. The smallest absolute Gasteiger partial charge is 0.172 e. The van der Waals surface area contributed by atoms with E-state index in [0.717, 1.165) is 11.8 Å². The summed E-state index contributed by atoms with van der Waals surface area (Å²) < 4.78 is 11.1. The molecule has 0 aromatic heterocycles. The molecule has 0 heterocycles. The number of halogens is 1. The van der Waals surface area contributed by atoms with E-state index in [1.54, 1.807) is 14.2 Å². The summed E-state index contributed by atoms with van der Waals surface area (Å²) in [6, 6.07) is 0. The van der Waals surface area contributed by atoms with Crippen molar-refractivity contribution in [3.8, 4) is 0 Å². The van der Waals surface area contributed by atoms with Crippen molar-refractivity contribution < 1.29 is 9.47 Å². The van der Waals surface area contributed by atoms with E-state index in [0.29, 0.717) is 0 Å². The van der Waals surface area contributed by atoms with Gasteiger partial charge in [0.05, 0.1) is 4.32 Å². The molecule has 0 radical (unpaired) electrons. The Morgan fingerprint density at radius 1 is 1.00 bits per heavy atom. The van der Waals surface area contributed by atoms with Crippen molar-refractivity contribution in [3.63, 3.8) is 0 Å². The minimum Gasteiger partial charge on any atom is -0.354 e. The molecule has 0 unspecified atom stereocenters. The molecule has 0 atom stereocenters. The predicted molar refractivity (Wildman–Crippen MR) is 64.1 cm³/mol. The molecular formula is C12H21BrO2. The fourth-order valence-electron chi connectivity index (χ4n) is 3.57. The van der Waals surface area contributed by atoms with Crippen molar-refractivity contribution in [2.75, 3.05) is 14.2 Å². The standard InChI is InChI=1S/C12H21BrO2/c1-14-11(15-2)12(13)9-5-3-6-10(12)8-4-7-9/h9-11H,3-8H2,1-2H3. The third kappa shape index (κ3) is 1.87. The summed E-state index contributed by atoms with van der Waals surface area (Å²) in [5.74, 6) is 1.46. The van der Waals surface area contributed by atoms with Crippen LogP contribution in [-0.2, 0) is 9.47 Å². The predicted octanol–water partition coefficient (Wildman–Crippen LogP) is 3.34. The molecule has 0 N–H and O–H groups in total. The van der Waals surface area contributed by atoms with Crippen LogP contribution >= 0.6 is 15.9 Å². The van der Waals surface area contributed by atoms with Gasteiger partial charge >= 0.3 is 0 Å². The number of hydrogen-bond acceptors (Lipinski definition) is 2. The SMILES string of the molecule is COC(OC)C1(Br)C2CCCC1CCC2. The highest BCUT2D eigenvalue weighted by atomic mass is 79.9. The summed E-state index contributed by atoms with van der Waals surface area (Å²) in [6.07, 6.45) is 7.96. The van der Waals surface area contributed by atoms with E-state index < -0.39 is 0 Å². The molecular weight excluding hydrogens is 256 g/mol. The van der Waals surface area contributed by atoms with E-state index in [2.05, 4.69) is 15.9 Å². The number of alkyl halides is 1. The molecule has 2 rings (SSSR count). The van der Waals surface area contributed by atoms with Crippen LogP contribution in [0.25, 0.3) is 0 Å². The Kier molecular flexibility index (Phi) is 3.74. The molecule has 2 bridgehead atoms. The molecule has 88 valence electrons. The van der Waals surface area contributed by atoms with Gasteiger partial charge in [0.25, 0.3) is 0 Å². The van der Waals surface area contributed by atoms with E-state index in [1.165, 1.54) is 38.5 Å². The van der Waals surface area contributed by atoms with E-state index in [9.17, 15) is 0 Å². The normalized spacial score (nSPS) is 40.8. The molecule has 2 aliphatic rings. The molecule has 0 amide bonds. The van der Waals surface area contributed by atoms with E-state index in [-0.39, 0.29) is 10.6 Å². The van der Waals surface area contributed by atoms with Crippen molar-refractivity contribution in [2.45, 2.75) is 49.1 Å². The van der Waals surface area contributed by atoms with Crippen molar-refractivity contribution in [1.29, 1.82) is 0 Å². The van der Waals surface area contributed by atoms with Crippen LogP contribution in [-0.4, -0.2) is 24.8 Å². The monoisotopic (exact) mass is 276 g/mol. The first kappa shape index (κ1) is 11.9. The number of hydrogen-bond donors (Lipinski definition) is 0. The van der Waals surface area contributed by atoms with E-state index in [1.807, 2.05) is 0 Å². The van der Waals surface area contributed by atoms with Gasteiger partial charge in [-0.15, -0.1) is 0 Å². The average Bonchev–Trinajstić information content (AvgIpc) is 2.18. The lowest BCUT2D eigenvalue weighted by atomic mass is 9.64. The first-order chi connectivity index (χ1) is 7.23. The molecule has 3 heteroatoms. The van der Waals surface area contributed by atoms with Crippen molar-refractivity contribution in [2.24, 2.45) is 11.8 Å². The second kappa shape index (κ2) is 4.72. The number of ether oxygens (including phenoxy) is 2. The number of fused-ring (bicyclic) bond motifs is 2. The Balaban J connectivity index is 2.22. The van der Waals surface area contributed by atoms with E-state index in [4.69, 9.17) is 9.47 Å². The highest BCUT2D eigenvalue weighted by molar-refractivity contribution is 9.10. The minimum absolute atomic E-state index is 0.0764. The highest BCUT2D eigenvalue weighted by Gasteiger charge is 2.53. The lowest BCUT2D eigenvalue weighted by Gasteiger charge is -2.52. The summed E-state index contributed by atoms with van der Waals surface area (Å²) >= 11 is 3.98. The van der Waals surface area contributed by atoms with E-state index >= 15 is 0 Å². The Hall–Kier alpha value is 0.400. The number of rotatable bonds is 3. The first-order valence-corrected chi connectivity index (χ1v) is 6.77. The zero-order valence-electron chi connectivity index (χ0n) is 9.67. The maximum absolute atomic E-state index is 5.51. The Morgan fingerprint density at radius 2 is 1.40 bits per heavy atom. The van der Waals surface area contributed by atoms with Gasteiger partial charge in [-0.05, 0) is 37.5 Å². The van der Waals surface area contributed by atoms with Gasteiger partial charge in [0, 0.05) is 14.2 Å². The molecule has 2 aliphatic carbocycles. The lowest BCUT2D eigenvalue weighted by molar-refractivity contribution is -0.159. The summed E-state index contributed by atoms with van der Waals surface area (Å²) in [4.78, 5) is 0. The molecule has 15 heavy (non-hydrogen) atoms. The Labute approximate surface area is 101 Å². The molecule has 2 fully saturated rings. The largest absolute Gasteiger partial charge is 0.354 e. The molecule has 0 aromatic carbocycles. The third-order valence-corrected chi connectivity index (χ3v) is 5.92. The second-order valence-electron chi connectivity index (χ2n) is 4.89. The van der Waals surface area contributed by atoms with Gasteiger partial charge in [-0.2, -0.15) is 0 Å². The van der Waals surface area contributed by atoms with Crippen LogP contribution in [0.4, 0.5) is 0 Å². The third-order valence-electron chi connectivity index (χ3n) is 4.25. The van der Waals surface area contributed by atoms with Crippen LogP contribution in [0, 0.1) is 11.8 Å². The zero-order chi connectivity index (χ0) is 10.9. The zero-order valence-corrected chi connectivity index (χ0v) is 11.3. The van der Waals surface area contributed by atoms with Gasteiger partial charge in [0.15, 0.2) is 6.29 Å². The van der Waals surface area contributed by atoms with Crippen molar-refractivity contribution in [1.82, 2.24) is 0 Å². The van der Waals surface area contributed by atoms with Crippen LogP contribution in [0.15, 0.2) is 0 Å². The topological polar surface area (TPSA) is 18.5 Å². The maximum Gasteiger partial charge on any atom is 0.172 e. The first-order valence-electron chi connectivity index (χ1n) is 5.98. The van der Waals surface area contributed by atoms with Gasteiger partial charge in [0.2, 0.25) is 0 Å². The summed E-state index contributed by atoms with van der Waals surface area (Å²) in [7, 11) is 3.50. The molecule has 0 aromatic rings. The highest BCUT2D eigenvalue weighted by Crippen LogP contribution is 2.54. The summed E-state index contributed by atoms with van der Waals surface area (Å²) in [6.45, 7) is 0. The van der Waals surface area contributed by atoms with Gasteiger partial charge in [-0.3, -0.25) is 0 Å². The van der Waals surface area contributed by atoms with Crippen LogP contribution < -0.4 is 0 Å². The molecule has 2 saturated carbocycles. The summed E-state index contributed by atoms with van der Waals surface area (Å²) in [5, 5.41) is 0. The summed E-state index contributed by atoms with van der Waals surface area (Å²) in [5.41, 5.74) is 0. The second-order valence-corrected chi connectivity index (χ2v) is 6.26. The van der Waals surface area contributed by atoms with Crippen molar-refractivity contribution >= 4 is 15.9 Å². The minimum atomic E-state index is -0.0897. The fraction of sp³-hybridized carbons (Fsp3) is 1.00. The molecule has 2 nitrogen and oxygen atoms in total. The van der Waals surface area contributed by atoms with Crippen molar-refractivity contribution in [3.05, 3.63) is 0 Å². The van der Waals surface area contributed by atoms with Crippen LogP contribution in [0.5, 0.6) is 0 Å². The van der Waals surface area contributed by atoms with Gasteiger partial charge in [-0.1, -0.05) is 28.8 Å². The maximum atomic E-state index is 5.51. The average molecular weight is 277 g/mol. The van der Waals surface area contributed by atoms with Gasteiger partial charge in [0.1, 0.15) is 0 Å². The van der Waals surface area contributed by atoms with Gasteiger partial charge in [-0.25, -0.2) is 0 Å². The number of methoxy groups -OCH3 is 2. The van der Waals surface area contributed by atoms with Crippen LogP contribution in [0.3, 0.4) is 0 Å². The quantitative estimate of drug-likeness (QED) is 0.582. The Bertz CT molecular complexity index is 188. The lowest BCUT2D eigenvalue weighted by Crippen LogP contribution is -2.55. The fourth-order valence-corrected chi connectivity index (χ4v) is 4.86. The van der Waals surface area contributed by atoms with Crippen LogP contribution in [0.2, 0.25) is 0 Å². The molecule has 0 aliphatic heterocycles. The molecule has 0 saturated heterocycles. The Morgan fingerprint density at radius 3 is 1.73 bits per heavy atom.